The smallest absolute Gasteiger partial charge is 0.133 e. The summed E-state index contributed by atoms with van der Waals surface area (Å²) in [4.78, 5) is 11.6. The lowest BCUT2D eigenvalue weighted by molar-refractivity contribution is -0.119. The monoisotopic (exact) mass is 222 g/mol. The maximum atomic E-state index is 11.6. The van der Waals surface area contributed by atoms with E-state index in [-0.39, 0.29) is 5.92 Å². The van der Waals surface area contributed by atoms with Crippen LogP contribution in [-0.4, -0.2) is 5.78 Å². The Balaban J connectivity index is 2.51. The lowest BCUT2D eigenvalue weighted by Crippen LogP contribution is -2.03. The lowest BCUT2D eigenvalue weighted by atomic mass is 9.99. The van der Waals surface area contributed by atoms with Crippen LogP contribution in [0.5, 0.6) is 0 Å². The van der Waals surface area contributed by atoms with Crippen molar-refractivity contribution in [2.45, 2.75) is 59.3 Å². The van der Waals surface area contributed by atoms with Gasteiger partial charge in [0.05, 0.1) is 0 Å². The van der Waals surface area contributed by atoms with Gasteiger partial charge in [0.25, 0.3) is 0 Å². The predicted molar refractivity (Wildman–Crippen MR) is 65.7 cm³/mol. The van der Waals surface area contributed by atoms with Crippen LogP contribution in [0.3, 0.4) is 0 Å². The van der Waals surface area contributed by atoms with E-state index in [1.807, 2.05) is 19.9 Å². The van der Waals surface area contributed by atoms with Crippen LogP contribution >= 0.6 is 0 Å². The topological polar surface area (TPSA) is 30.2 Å². The summed E-state index contributed by atoms with van der Waals surface area (Å²) in [6.07, 6.45) is 3.40. The minimum atomic E-state index is 0.205. The van der Waals surface area contributed by atoms with Crippen LogP contribution in [-0.2, 0) is 4.79 Å². The molecule has 0 spiro atoms. The second-order valence-corrected chi connectivity index (χ2v) is 4.64. The normalized spacial score (nSPS) is 12.8. The number of hydrogen-bond acceptors (Lipinski definition) is 2. The molecule has 0 bridgehead atoms. The van der Waals surface area contributed by atoms with Crippen molar-refractivity contribution in [1.29, 1.82) is 0 Å². The molecule has 0 aliphatic rings. The summed E-state index contributed by atoms with van der Waals surface area (Å²) >= 11 is 0. The van der Waals surface area contributed by atoms with Gasteiger partial charge in [0.15, 0.2) is 0 Å². The molecule has 0 fully saturated rings. The molecule has 0 saturated carbocycles. The number of carbonyl (C=O) groups is 1. The summed E-state index contributed by atoms with van der Waals surface area (Å²) in [6, 6.07) is 2.05. The Hall–Kier alpha value is -1.05. The summed E-state index contributed by atoms with van der Waals surface area (Å²) in [5, 5.41) is 0. The first-order valence-electron chi connectivity index (χ1n) is 6.13. The summed E-state index contributed by atoms with van der Waals surface area (Å²) in [5.41, 5.74) is 1.17. The number of hydrogen-bond donors (Lipinski definition) is 0. The van der Waals surface area contributed by atoms with Crippen molar-refractivity contribution in [3.8, 4) is 0 Å². The lowest BCUT2D eigenvalue weighted by Gasteiger charge is -2.07. The molecule has 90 valence electrons. The third kappa shape index (κ3) is 3.51. The Bertz CT molecular complexity index is 330. The van der Waals surface area contributed by atoms with Crippen molar-refractivity contribution in [1.82, 2.24) is 0 Å². The van der Waals surface area contributed by atoms with Gasteiger partial charge in [-0.3, -0.25) is 4.79 Å². The quantitative estimate of drug-likeness (QED) is 0.723. The van der Waals surface area contributed by atoms with Crippen molar-refractivity contribution in [3.05, 3.63) is 23.2 Å². The second kappa shape index (κ2) is 5.88. The second-order valence-electron chi connectivity index (χ2n) is 4.64. The highest BCUT2D eigenvalue weighted by molar-refractivity contribution is 5.79. The van der Waals surface area contributed by atoms with Crippen LogP contribution in [0.25, 0.3) is 0 Å². The van der Waals surface area contributed by atoms with Gasteiger partial charge in [0, 0.05) is 18.8 Å². The molecule has 0 aromatic carbocycles. The van der Waals surface area contributed by atoms with Crippen molar-refractivity contribution in [3.63, 3.8) is 0 Å². The molecule has 0 amide bonds. The van der Waals surface area contributed by atoms with Crippen LogP contribution in [0.4, 0.5) is 0 Å². The minimum Gasteiger partial charge on any atom is -0.466 e. The summed E-state index contributed by atoms with van der Waals surface area (Å²) in [5.74, 6) is 2.46. The number of carbonyl (C=O) groups excluding carboxylic acids is 1. The van der Waals surface area contributed by atoms with Gasteiger partial charge in [0.1, 0.15) is 17.3 Å². The van der Waals surface area contributed by atoms with Crippen molar-refractivity contribution in [2.24, 2.45) is 0 Å². The Morgan fingerprint density at radius 3 is 2.62 bits per heavy atom. The minimum absolute atomic E-state index is 0.205. The highest BCUT2D eigenvalue weighted by Crippen LogP contribution is 2.24. The van der Waals surface area contributed by atoms with Gasteiger partial charge in [-0.05, 0) is 31.9 Å². The molecule has 0 unspecified atom stereocenters. The predicted octanol–water partition coefficient (Wildman–Crippen LogP) is 4.15. The van der Waals surface area contributed by atoms with Gasteiger partial charge in [-0.1, -0.05) is 20.3 Å². The fourth-order valence-electron chi connectivity index (χ4n) is 1.76. The average molecular weight is 222 g/mol. The standard InChI is InChI=1S/C14H22O2/c1-5-6-7-13(15)8-11(3)14-9-10(2)12(4)16-14/h9,11H,5-8H2,1-4H3/t11-/m0/s1. The number of furan rings is 1. The molecule has 1 rings (SSSR count). The summed E-state index contributed by atoms with van der Waals surface area (Å²) in [7, 11) is 0. The summed E-state index contributed by atoms with van der Waals surface area (Å²) < 4.78 is 5.63. The van der Waals surface area contributed by atoms with Crippen molar-refractivity contribution in [2.75, 3.05) is 0 Å². The maximum Gasteiger partial charge on any atom is 0.133 e. The average Bonchev–Trinajstić information content (AvgIpc) is 2.56. The number of unbranched alkanes of at least 4 members (excludes halogenated alkanes) is 1. The largest absolute Gasteiger partial charge is 0.466 e. The molecule has 0 aliphatic heterocycles. The maximum absolute atomic E-state index is 11.6. The highest BCUT2D eigenvalue weighted by atomic mass is 16.3. The van der Waals surface area contributed by atoms with Gasteiger partial charge in [-0.25, -0.2) is 0 Å². The van der Waals surface area contributed by atoms with E-state index in [0.29, 0.717) is 18.6 Å². The van der Waals surface area contributed by atoms with Crippen LogP contribution in [0.2, 0.25) is 0 Å². The van der Waals surface area contributed by atoms with Gasteiger partial charge in [-0.2, -0.15) is 0 Å². The highest BCUT2D eigenvalue weighted by Gasteiger charge is 2.15. The molecular formula is C14H22O2. The molecule has 0 aliphatic carbocycles. The van der Waals surface area contributed by atoms with Gasteiger partial charge in [0.2, 0.25) is 0 Å². The van der Waals surface area contributed by atoms with Crippen molar-refractivity contribution >= 4 is 5.78 Å². The van der Waals surface area contributed by atoms with Gasteiger partial charge >= 0.3 is 0 Å². The van der Waals surface area contributed by atoms with Crippen molar-refractivity contribution < 1.29 is 9.21 Å². The SMILES string of the molecule is CCCCC(=O)C[C@H](C)c1cc(C)c(C)o1. The Morgan fingerprint density at radius 2 is 2.12 bits per heavy atom. The Morgan fingerprint density at radius 1 is 1.44 bits per heavy atom. The molecule has 1 aromatic rings. The molecule has 0 radical (unpaired) electrons. The van der Waals surface area contributed by atoms with Crippen LogP contribution < -0.4 is 0 Å². The van der Waals surface area contributed by atoms with E-state index in [4.69, 9.17) is 4.42 Å². The zero-order valence-electron chi connectivity index (χ0n) is 10.8. The fraction of sp³-hybridized carbons (Fsp3) is 0.643. The molecule has 16 heavy (non-hydrogen) atoms. The summed E-state index contributed by atoms with van der Waals surface area (Å²) in [6.45, 7) is 8.16. The molecule has 1 heterocycles. The Labute approximate surface area is 98.0 Å². The van der Waals surface area contributed by atoms with Gasteiger partial charge < -0.3 is 4.42 Å². The molecule has 2 heteroatoms. The van der Waals surface area contributed by atoms with E-state index in [0.717, 1.165) is 24.4 Å². The molecule has 0 N–H and O–H groups in total. The van der Waals surface area contributed by atoms with Crippen LogP contribution in [0, 0.1) is 13.8 Å². The van der Waals surface area contributed by atoms with E-state index in [2.05, 4.69) is 13.8 Å². The number of ketones is 1. The van der Waals surface area contributed by atoms with E-state index in [1.165, 1.54) is 5.56 Å². The molecule has 2 nitrogen and oxygen atoms in total. The van der Waals surface area contributed by atoms with E-state index < -0.39 is 0 Å². The van der Waals surface area contributed by atoms with E-state index in [9.17, 15) is 4.79 Å². The van der Waals surface area contributed by atoms with Crippen LogP contribution in [0.1, 0.15) is 62.5 Å². The first-order valence-corrected chi connectivity index (χ1v) is 6.13. The van der Waals surface area contributed by atoms with E-state index in [1.54, 1.807) is 0 Å². The van der Waals surface area contributed by atoms with Gasteiger partial charge in [-0.15, -0.1) is 0 Å². The number of rotatable bonds is 6. The molecule has 1 atom stereocenters. The third-order valence-electron chi connectivity index (χ3n) is 3.01. The molecule has 0 saturated heterocycles. The molecule has 1 aromatic heterocycles. The fourth-order valence-corrected chi connectivity index (χ4v) is 1.76. The first kappa shape index (κ1) is 13.0. The Kier molecular flexibility index (Phi) is 4.78. The van der Waals surface area contributed by atoms with E-state index >= 15 is 0 Å². The zero-order valence-corrected chi connectivity index (χ0v) is 10.8. The van der Waals surface area contributed by atoms with Crippen LogP contribution in [0.15, 0.2) is 10.5 Å². The third-order valence-corrected chi connectivity index (χ3v) is 3.01. The number of aryl methyl sites for hydroxylation is 2. The first-order chi connectivity index (χ1) is 7.54. The number of Topliss-reactive ketones (excluding diaryl/α,β-unsaturated/α-hetero) is 1. The molecular weight excluding hydrogens is 200 g/mol. The zero-order chi connectivity index (χ0) is 12.1.